The van der Waals surface area contributed by atoms with E-state index < -0.39 is 29.3 Å². The quantitative estimate of drug-likeness (QED) is 0.139. The summed E-state index contributed by atoms with van der Waals surface area (Å²) >= 11 is 0. The van der Waals surface area contributed by atoms with Crippen LogP contribution in [-0.2, 0) is 4.79 Å². The lowest BCUT2D eigenvalue weighted by molar-refractivity contribution is -0.140. The van der Waals surface area contributed by atoms with Gasteiger partial charge in [0.2, 0.25) is 5.82 Å². The normalized spacial score (nSPS) is 17.1. The molecule has 0 atom stereocenters. The molecule has 0 aliphatic heterocycles. The van der Waals surface area contributed by atoms with E-state index in [1.807, 2.05) is 19.9 Å². The van der Waals surface area contributed by atoms with Crippen molar-refractivity contribution in [3.05, 3.63) is 77.6 Å². The van der Waals surface area contributed by atoms with Gasteiger partial charge in [-0.3, -0.25) is 4.79 Å². The molecular formula is C32H35F3O4. The second kappa shape index (κ2) is 13.5. The highest BCUT2D eigenvalue weighted by Gasteiger charge is 2.30. The Bertz CT molecular complexity index is 1250. The molecule has 4 nitrogen and oxygen atoms in total. The predicted octanol–water partition coefficient (Wildman–Crippen LogP) is 8.62. The summed E-state index contributed by atoms with van der Waals surface area (Å²) in [6.07, 6.45) is 5.09. The van der Waals surface area contributed by atoms with Crippen LogP contribution in [0.5, 0.6) is 17.2 Å². The molecule has 0 bridgehead atoms. The van der Waals surface area contributed by atoms with Gasteiger partial charge in [0.1, 0.15) is 5.75 Å². The molecule has 0 spiro atoms. The van der Waals surface area contributed by atoms with Crippen molar-refractivity contribution in [3.8, 4) is 28.4 Å². The standard InChI is InChI=1S/C32H35F3O4/c1-3-5-19-38-28-16-12-24(20-27(28)33)21-6-8-23(9-7-21)32(36)39-29-17-15-26(30(34)31(29)35)22-10-13-25(14-11-22)37-18-4-2/h10-17,20-21,23H,3-9,18-19H2,1-2H3. The Kier molecular flexibility index (Phi) is 9.90. The maximum absolute atomic E-state index is 14.9. The third-order valence-corrected chi connectivity index (χ3v) is 7.14. The number of unbranched alkanes of at least 4 members (excludes halogenated alkanes) is 1. The van der Waals surface area contributed by atoms with Gasteiger partial charge in [-0.25, -0.2) is 8.78 Å². The van der Waals surface area contributed by atoms with Crippen LogP contribution in [0.2, 0.25) is 0 Å². The van der Waals surface area contributed by atoms with E-state index in [0.717, 1.165) is 24.8 Å². The average molecular weight is 541 g/mol. The summed E-state index contributed by atoms with van der Waals surface area (Å²) in [5, 5.41) is 0. The van der Waals surface area contributed by atoms with Gasteiger partial charge < -0.3 is 14.2 Å². The van der Waals surface area contributed by atoms with Gasteiger partial charge in [-0.2, -0.15) is 4.39 Å². The van der Waals surface area contributed by atoms with E-state index in [1.165, 1.54) is 18.2 Å². The zero-order chi connectivity index (χ0) is 27.8. The summed E-state index contributed by atoms with van der Waals surface area (Å²) in [7, 11) is 0. The maximum atomic E-state index is 14.9. The Hall–Kier alpha value is -3.48. The smallest absolute Gasteiger partial charge is 0.314 e. The number of esters is 1. The molecular weight excluding hydrogens is 505 g/mol. The van der Waals surface area contributed by atoms with Crippen molar-refractivity contribution in [2.75, 3.05) is 13.2 Å². The van der Waals surface area contributed by atoms with Gasteiger partial charge in [0.25, 0.3) is 0 Å². The number of rotatable bonds is 11. The van der Waals surface area contributed by atoms with Crippen LogP contribution in [0.25, 0.3) is 11.1 Å². The molecule has 0 unspecified atom stereocenters. The molecule has 0 N–H and O–H groups in total. The first-order valence-corrected chi connectivity index (χ1v) is 13.8. The summed E-state index contributed by atoms with van der Waals surface area (Å²) in [4.78, 5) is 12.8. The molecule has 3 aromatic carbocycles. The number of ether oxygens (including phenoxy) is 3. The van der Waals surface area contributed by atoms with Crippen LogP contribution in [0.3, 0.4) is 0 Å². The second-order valence-corrected chi connectivity index (χ2v) is 9.97. The minimum absolute atomic E-state index is 0.0730. The Morgan fingerprint density at radius 1 is 0.795 bits per heavy atom. The molecule has 0 aromatic heterocycles. The first kappa shape index (κ1) is 28.5. The lowest BCUT2D eigenvalue weighted by atomic mass is 9.78. The highest BCUT2D eigenvalue weighted by Crippen LogP contribution is 2.38. The molecule has 3 aromatic rings. The zero-order valence-electron chi connectivity index (χ0n) is 22.5. The minimum atomic E-state index is -1.20. The van der Waals surface area contributed by atoms with Gasteiger partial charge in [0.05, 0.1) is 19.1 Å². The highest BCUT2D eigenvalue weighted by atomic mass is 19.2. The van der Waals surface area contributed by atoms with Gasteiger partial charge in [-0.15, -0.1) is 0 Å². The number of carbonyl (C=O) groups excluding carboxylic acids is 1. The third-order valence-electron chi connectivity index (χ3n) is 7.14. The monoisotopic (exact) mass is 540 g/mol. The topological polar surface area (TPSA) is 44.8 Å². The average Bonchev–Trinajstić information content (AvgIpc) is 2.96. The van der Waals surface area contributed by atoms with E-state index in [4.69, 9.17) is 14.2 Å². The van der Waals surface area contributed by atoms with Gasteiger partial charge in [0.15, 0.2) is 23.1 Å². The molecule has 1 aliphatic rings. The van der Waals surface area contributed by atoms with Crippen LogP contribution >= 0.6 is 0 Å². The van der Waals surface area contributed by atoms with E-state index in [1.54, 1.807) is 30.3 Å². The molecule has 0 heterocycles. The van der Waals surface area contributed by atoms with E-state index in [-0.39, 0.29) is 23.0 Å². The zero-order valence-corrected chi connectivity index (χ0v) is 22.5. The highest BCUT2D eigenvalue weighted by molar-refractivity contribution is 5.76. The lowest BCUT2D eigenvalue weighted by Gasteiger charge is -2.27. The van der Waals surface area contributed by atoms with Crippen LogP contribution < -0.4 is 14.2 Å². The van der Waals surface area contributed by atoms with Crippen molar-refractivity contribution in [1.82, 2.24) is 0 Å². The SMILES string of the molecule is CCCCOc1ccc(C2CCC(C(=O)Oc3ccc(-c4ccc(OCCC)cc4)c(F)c3F)CC2)cc1F. The van der Waals surface area contributed by atoms with Crippen LogP contribution in [0.1, 0.15) is 70.3 Å². The molecule has 7 heteroatoms. The Labute approximate surface area is 228 Å². The Morgan fingerprint density at radius 3 is 2.18 bits per heavy atom. The molecule has 4 rings (SSSR count). The summed E-state index contributed by atoms with van der Waals surface area (Å²) in [6.45, 7) is 5.10. The molecule has 1 fully saturated rings. The molecule has 0 saturated heterocycles. The number of halogens is 3. The number of carbonyl (C=O) groups is 1. The van der Waals surface area contributed by atoms with Crippen molar-refractivity contribution in [2.45, 2.75) is 64.7 Å². The van der Waals surface area contributed by atoms with Crippen molar-refractivity contribution < 1.29 is 32.2 Å². The lowest BCUT2D eigenvalue weighted by Crippen LogP contribution is -2.25. The fraction of sp³-hybridized carbons (Fsp3) is 0.406. The van der Waals surface area contributed by atoms with Crippen molar-refractivity contribution in [3.63, 3.8) is 0 Å². The van der Waals surface area contributed by atoms with Crippen molar-refractivity contribution in [2.24, 2.45) is 5.92 Å². The number of hydrogen-bond acceptors (Lipinski definition) is 4. The largest absolute Gasteiger partial charge is 0.494 e. The van der Waals surface area contributed by atoms with Gasteiger partial charge >= 0.3 is 5.97 Å². The first-order valence-electron chi connectivity index (χ1n) is 13.8. The minimum Gasteiger partial charge on any atom is -0.494 e. The van der Waals surface area contributed by atoms with Crippen LogP contribution in [0, 0.1) is 23.4 Å². The molecule has 208 valence electrons. The summed E-state index contributed by atoms with van der Waals surface area (Å²) in [5.74, 6) is -3.07. The second-order valence-electron chi connectivity index (χ2n) is 9.97. The summed E-state index contributed by atoms with van der Waals surface area (Å²) < 4.78 is 60.5. The number of benzene rings is 3. The van der Waals surface area contributed by atoms with Gasteiger partial charge in [0, 0.05) is 5.56 Å². The van der Waals surface area contributed by atoms with E-state index in [0.29, 0.717) is 50.2 Å². The maximum Gasteiger partial charge on any atom is 0.314 e. The molecule has 0 radical (unpaired) electrons. The van der Waals surface area contributed by atoms with Gasteiger partial charge in [-0.05, 0) is 92.0 Å². The van der Waals surface area contributed by atoms with Crippen LogP contribution in [0.4, 0.5) is 13.2 Å². The Balaban J connectivity index is 1.34. The van der Waals surface area contributed by atoms with E-state index in [9.17, 15) is 18.0 Å². The fourth-order valence-electron chi connectivity index (χ4n) is 4.85. The summed E-state index contributed by atoms with van der Waals surface area (Å²) in [6, 6.07) is 14.5. The van der Waals surface area contributed by atoms with Crippen molar-refractivity contribution in [1.29, 1.82) is 0 Å². The fourth-order valence-corrected chi connectivity index (χ4v) is 4.85. The number of hydrogen-bond donors (Lipinski definition) is 0. The third kappa shape index (κ3) is 7.14. The van der Waals surface area contributed by atoms with E-state index >= 15 is 0 Å². The molecule has 39 heavy (non-hydrogen) atoms. The molecule has 1 saturated carbocycles. The Morgan fingerprint density at radius 2 is 1.51 bits per heavy atom. The van der Waals surface area contributed by atoms with Gasteiger partial charge in [-0.1, -0.05) is 38.5 Å². The first-order chi connectivity index (χ1) is 18.9. The predicted molar refractivity (Wildman–Crippen MR) is 145 cm³/mol. The van der Waals surface area contributed by atoms with Crippen LogP contribution in [-0.4, -0.2) is 19.2 Å². The van der Waals surface area contributed by atoms with Crippen LogP contribution in [0.15, 0.2) is 54.6 Å². The molecule has 1 aliphatic carbocycles. The molecule has 0 amide bonds. The van der Waals surface area contributed by atoms with E-state index in [2.05, 4.69) is 0 Å². The van der Waals surface area contributed by atoms with Crippen molar-refractivity contribution >= 4 is 5.97 Å². The summed E-state index contributed by atoms with van der Waals surface area (Å²) in [5.41, 5.74) is 1.43.